The molecule has 0 aliphatic rings. The Kier molecular flexibility index (Phi) is 5.49. The van der Waals surface area contributed by atoms with E-state index in [1.165, 1.54) is 0 Å². The molecule has 0 amide bonds. The molecule has 2 aromatic rings. The number of alkyl halides is 2. The van der Waals surface area contributed by atoms with Crippen molar-refractivity contribution < 1.29 is 4.79 Å². The summed E-state index contributed by atoms with van der Waals surface area (Å²) in [6.07, 6.45) is 0. The van der Waals surface area contributed by atoms with Crippen LogP contribution >= 0.6 is 31.9 Å². The Morgan fingerprint density at radius 1 is 0.864 bits per heavy atom. The first-order chi connectivity index (χ1) is 10.6. The van der Waals surface area contributed by atoms with Crippen molar-refractivity contribution in [2.75, 3.05) is 0 Å². The third-order valence-electron chi connectivity index (χ3n) is 3.16. The molecule has 0 fully saturated rings. The average molecular weight is 418 g/mol. The smallest absolute Gasteiger partial charge is 0.177 e. The van der Waals surface area contributed by atoms with Gasteiger partial charge in [-0.15, -0.1) is 0 Å². The van der Waals surface area contributed by atoms with Gasteiger partial charge in [-0.2, -0.15) is 10.5 Å². The Hall–Kier alpha value is -1.95. The van der Waals surface area contributed by atoms with Crippen LogP contribution in [0.1, 0.15) is 31.9 Å². The Morgan fingerprint density at radius 2 is 1.32 bits per heavy atom. The molecule has 2 aromatic carbocycles. The van der Waals surface area contributed by atoms with E-state index in [0.717, 1.165) is 5.56 Å². The first-order valence-corrected chi connectivity index (χ1v) is 8.22. The van der Waals surface area contributed by atoms with Crippen LogP contribution in [0.3, 0.4) is 0 Å². The minimum atomic E-state index is -0.451. The molecule has 0 radical (unpaired) electrons. The summed E-state index contributed by atoms with van der Waals surface area (Å²) in [5.74, 6) is -0.0734. The highest BCUT2D eigenvalue weighted by atomic mass is 79.9. The fourth-order valence-electron chi connectivity index (χ4n) is 1.91. The van der Waals surface area contributed by atoms with Crippen LogP contribution in [0.15, 0.2) is 48.5 Å². The number of Topliss-reactive ketones (excluding diaryl/α,β-unsaturated/α-hetero) is 1. The quantitative estimate of drug-likeness (QED) is 0.542. The molecule has 2 rings (SSSR count). The second-order valence-corrected chi connectivity index (χ2v) is 6.56. The summed E-state index contributed by atoms with van der Waals surface area (Å²) in [7, 11) is 0. The maximum absolute atomic E-state index is 12.5. The molecule has 3 nitrogen and oxygen atoms in total. The summed E-state index contributed by atoms with van der Waals surface area (Å²) in [6.45, 7) is 0. The number of halogens is 2. The summed E-state index contributed by atoms with van der Waals surface area (Å²) < 4.78 is 0. The first-order valence-electron chi connectivity index (χ1n) is 6.39. The van der Waals surface area contributed by atoms with Crippen LogP contribution in [0, 0.1) is 22.7 Å². The lowest BCUT2D eigenvalue weighted by molar-refractivity contribution is 0.0991. The van der Waals surface area contributed by atoms with Gasteiger partial charge < -0.3 is 0 Å². The Balaban J connectivity index is 2.18. The van der Waals surface area contributed by atoms with Gasteiger partial charge in [-0.05, 0) is 29.8 Å². The van der Waals surface area contributed by atoms with Crippen molar-refractivity contribution in [1.82, 2.24) is 0 Å². The van der Waals surface area contributed by atoms with Crippen LogP contribution in [0.25, 0.3) is 0 Å². The molecule has 0 heterocycles. The van der Waals surface area contributed by atoms with Gasteiger partial charge in [-0.1, -0.05) is 56.1 Å². The van der Waals surface area contributed by atoms with Gasteiger partial charge in [-0.25, -0.2) is 0 Å². The fraction of sp³-hybridized carbons (Fsp3) is 0.118. The van der Waals surface area contributed by atoms with Gasteiger partial charge in [0.25, 0.3) is 0 Å². The summed E-state index contributed by atoms with van der Waals surface area (Å²) in [4.78, 5) is 11.8. The average Bonchev–Trinajstić information content (AvgIpc) is 2.60. The molecule has 0 aliphatic carbocycles. The van der Waals surface area contributed by atoms with E-state index in [9.17, 15) is 4.79 Å². The van der Waals surface area contributed by atoms with Crippen molar-refractivity contribution in [3.05, 3.63) is 70.8 Å². The molecule has 108 valence electrons. The van der Waals surface area contributed by atoms with Gasteiger partial charge in [0.1, 0.15) is 0 Å². The van der Waals surface area contributed by atoms with Crippen LogP contribution in [-0.4, -0.2) is 10.6 Å². The lowest BCUT2D eigenvalue weighted by Crippen LogP contribution is -2.19. The second-order valence-electron chi connectivity index (χ2n) is 4.59. The molecular formula is C17H10Br2N2O. The summed E-state index contributed by atoms with van der Waals surface area (Å²) in [5, 5.41) is 17.6. The molecule has 5 heteroatoms. The molecule has 0 unspecified atom stereocenters. The molecule has 0 bridgehead atoms. The van der Waals surface area contributed by atoms with E-state index in [-0.39, 0.29) is 10.6 Å². The van der Waals surface area contributed by atoms with Gasteiger partial charge in [0, 0.05) is 5.56 Å². The molecule has 0 N–H and O–H groups in total. The van der Waals surface area contributed by atoms with Crippen molar-refractivity contribution in [3.8, 4) is 12.1 Å². The molecule has 0 aromatic heterocycles. The zero-order valence-corrected chi connectivity index (χ0v) is 14.5. The molecule has 0 saturated heterocycles. The lowest BCUT2D eigenvalue weighted by atomic mass is 10.0. The van der Waals surface area contributed by atoms with E-state index in [1.807, 2.05) is 18.2 Å². The number of nitrogens with zero attached hydrogens (tertiary/aromatic N) is 2. The Bertz CT molecular complexity index is 755. The topological polar surface area (TPSA) is 64.7 Å². The Morgan fingerprint density at radius 3 is 1.77 bits per heavy atom. The normalized spacial score (nSPS) is 12.7. The third-order valence-corrected chi connectivity index (χ3v) is 5.88. The number of rotatable bonds is 4. The minimum Gasteiger partial charge on any atom is -0.293 e. The van der Waals surface area contributed by atoms with Gasteiger partial charge in [0.05, 0.1) is 32.9 Å². The molecule has 0 saturated carbocycles. The van der Waals surface area contributed by atoms with Crippen LogP contribution in [0.4, 0.5) is 0 Å². The number of carbonyl (C=O) groups excluding carboxylic acids is 1. The van der Waals surface area contributed by atoms with Gasteiger partial charge >= 0.3 is 0 Å². The SMILES string of the molecule is N#Cc1ccc(C(=O)[C@H](Br)[C@@H](Br)c2ccc(C#N)cc2)cc1. The number of carbonyl (C=O) groups is 1. The monoisotopic (exact) mass is 416 g/mol. The zero-order chi connectivity index (χ0) is 16.1. The molecule has 22 heavy (non-hydrogen) atoms. The van der Waals surface area contributed by atoms with E-state index in [4.69, 9.17) is 10.5 Å². The van der Waals surface area contributed by atoms with Crippen molar-refractivity contribution in [2.24, 2.45) is 0 Å². The maximum Gasteiger partial charge on any atom is 0.177 e. The van der Waals surface area contributed by atoms with Gasteiger partial charge in [0.15, 0.2) is 5.78 Å². The highest BCUT2D eigenvalue weighted by molar-refractivity contribution is 9.12. The van der Waals surface area contributed by atoms with Gasteiger partial charge in [-0.3, -0.25) is 4.79 Å². The summed E-state index contributed by atoms with van der Waals surface area (Å²) in [6, 6.07) is 17.7. The van der Waals surface area contributed by atoms with E-state index < -0.39 is 4.83 Å². The van der Waals surface area contributed by atoms with E-state index in [2.05, 4.69) is 37.9 Å². The number of benzene rings is 2. The van der Waals surface area contributed by atoms with Crippen LogP contribution < -0.4 is 0 Å². The fourth-order valence-corrected chi connectivity index (χ4v) is 3.03. The largest absolute Gasteiger partial charge is 0.293 e. The van der Waals surface area contributed by atoms with Crippen molar-refractivity contribution in [2.45, 2.75) is 9.65 Å². The third kappa shape index (κ3) is 3.62. The predicted molar refractivity (Wildman–Crippen MR) is 91.0 cm³/mol. The van der Waals surface area contributed by atoms with E-state index in [1.54, 1.807) is 36.4 Å². The van der Waals surface area contributed by atoms with Crippen molar-refractivity contribution in [1.29, 1.82) is 10.5 Å². The van der Waals surface area contributed by atoms with Crippen molar-refractivity contribution >= 4 is 37.6 Å². The number of hydrogen-bond donors (Lipinski definition) is 0. The highest BCUT2D eigenvalue weighted by Crippen LogP contribution is 2.33. The predicted octanol–water partition coefficient (Wildman–Crippen LogP) is 4.51. The maximum atomic E-state index is 12.5. The van der Waals surface area contributed by atoms with Gasteiger partial charge in [0.2, 0.25) is 0 Å². The number of nitriles is 2. The molecule has 2 atom stereocenters. The summed E-state index contributed by atoms with van der Waals surface area (Å²) in [5.41, 5.74) is 2.54. The minimum absolute atomic E-state index is 0.0734. The lowest BCUT2D eigenvalue weighted by Gasteiger charge is -2.16. The standard InChI is InChI=1S/C17H10Br2N2O/c18-15(13-5-1-11(9-20)2-6-13)16(19)17(22)14-7-3-12(10-21)4-8-14/h1-8,15-16H/t15-,16+/m0/s1. The number of ketones is 1. The Labute approximate surface area is 145 Å². The van der Waals surface area contributed by atoms with Crippen LogP contribution in [0.2, 0.25) is 0 Å². The molecule has 0 spiro atoms. The molecular weight excluding hydrogens is 408 g/mol. The van der Waals surface area contributed by atoms with Crippen LogP contribution in [0.5, 0.6) is 0 Å². The second kappa shape index (κ2) is 7.35. The number of hydrogen-bond acceptors (Lipinski definition) is 3. The van der Waals surface area contributed by atoms with E-state index in [0.29, 0.717) is 16.7 Å². The summed E-state index contributed by atoms with van der Waals surface area (Å²) >= 11 is 6.95. The molecule has 0 aliphatic heterocycles. The zero-order valence-electron chi connectivity index (χ0n) is 11.3. The van der Waals surface area contributed by atoms with Crippen molar-refractivity contribution in [3.63, 3.8) is 0 Å². The highest BCUT2D eigenvalue weighted by Gasteiger charge is 2.26. The van der Waals surface area contributed by atoms with Crippen LogP contribution in [-0.2, 0) is 0 Å². The van der Waals surface area contributed by atoms with E-state index >= 15 is 0 Å². The first kappa shape index (κ1) is 16.4.